The maximum atomic E-state index is 10.2. The van der Waals surface area contributed by atoms with Crippen LogP contribution >= 0.6 is 0 Å². The van der Waals surface area contributed by atoms with E-state index < -0.39 is 5.60 Å². The van der Waals surface area contributed by atoms with Crippen LogP contribution in [0.2, 0.25) is 0 Å². The molecule has 1 N–H and O–H groups in total. The standard InChI is InChI=1S/C14H20O2/c1-16-11-14(15)9-7-13(8-10-14)12-5-3-2-4-6-12/h2-6,13,15H,7-11H2,1H3. The molecular formula is C14H20O2. The van der Waals surface area contributed by atoms with Crippen LogP contribution < -0.4 is 0 Å². The molecule has 0 heterocycles. The molecule has 0 amide bonds. The van der Waals surface area contributed by atoms with Gasteiger partial charge in [0.1, 0.15) is 0 Å². The molecule has 0 spiro atoms. The summed E-state index contributed by atoms with van der Waals surface area (Å²) >= 11 is 0. The average molecular weight is 220 g/mol. The van der Waals surface area contributed by atoms with Crippen molar-refractivity contribution in [2.45, 2.75) is 37.2 Å². The van der Waals surface area contributed by atoms with Crippen molar-refractivity contribution in [3.63, 3.8) is 0 Å². The number of aliphatic hydroxyl groups is 1. The van der Waals surface area contributed by atoms with E-state index in [1.807, 2.05) is 6.07 Å². The van der Waals surface area contributed by atoms with E-state index in [1.165, 1.54) is 5.56 Å². The van der Waals surface area contributed by atoms with Crippen molar-refractivity contribution in [2.24, 2.45) is 0 Å². The van der Waals surface area contributed by atoms with Gasteiger partial charge < -0.3 is 9.84 Å². The van der Waals surface area contributed by atoms with E-state index in [-0.39, 0.29) is 0 Å². The van der Waals surface area contributed by atoms with Crippen LogP contribution in [0.1, 0.15) is 37.2 Å². The van der Waals surface area contributed by atoms with E-state index in [2.05, 4.69) is 24.3 Å². The van der Waals surface area contributed by atoms with Gasteiger partial charge in [-0.2, -0.15) is 0 Å². The highest BCUT2D eigenvalue weighted by Gasteiger charge is 2.33. The molecule has 1 aromatic rings. The highest BCUT2D eigenvalue weighted by Crippen LogP contribution is 2.37. The fraction of sp³-hybridized carbons (Fsp3) is 0.571. The number of methoxy groups -OCH3 is 1. The predicted molar refractivity (Wildman–Crippen MR) is 64.5 cm³/mol. The molecule has 0 aliphatic heterocycles. The topological polar surface area (TPSA) is 29.5 Å². The van der Waals surface area contributed by atoms with Gasteiger partial charge in [-0.25, -0.2) is 0 Å². The Labute approximate surface area is 97.3 Å². The Morgan fingerprint density at radius 2 is 1.88 bits per heavy atom. The summed E-state index contributed by atoms with van der Waals surface area (Å²) < 4.78 is 5.08. The second-order valence-corrected chi connectivity index (χ2v) is 4.84. The second-order valence-electron chi connectivity index (χ2n) is 4.84. The van der Waals surface area contributed by atoms with E-state index in [0.717, 1.165) is 25.7 Å². The summed E-state index contributed by atoms with van der Waals surface area (Å²) in [5.41, 5.74) is 0.821. The lowest BCUT2D eigenvalue weighted by molar-refractivity contribution is -0.0588. The zero-order valence-corrected chi connectivity index (χ0v) is 9.86. The van der Waals surface area contributed by atoms with Crippen LogP contribution in [-0.4, -0.2) is 24.4 Å². The van der Waals surface area contributed by atoms with Crippen LogP contribution in [0.25, 0.3) is 0 Å². The van der Waals surface area contributed by atoms with Gasteiger partial charge in [-0.05, 0) is 37.2 Å². The number of hydrogen-bond acceptors (Lipinski definition) is 2. The molecule has 0 unspecified atom stereocenters. The fourth-order valence-corrected chi connectivity index (χ4v) is 2.63. The molecule has 0 atom stereocenters. The molecule has 1 saturated carbocycles. The quantitative estimate of drug-likeness (QED) is 0.848. The number of ether oxygens (including phenoxy) is 1. The molecule has 2 rings (SSSR count). The van der Waals surface area contributed by atoms with Crippen molar-refractivity contribution >= 4 is 0 Å². The summed E-state index contributed by atoms with van der Waals surface area (Å²) in [6.45, 7) is 0.467. The number of hydrogen-bond donors (Lipinski definition) is 1. The Morgan fingerprint density at radius 3 is 2.44 bits per heavy atom. The predicted octanol–water partition coefficient (Wildman–Crippen LogP) is 2.72. The molecule has 0 aromatic heterocycles. The first-order valence-electron chi connectivity index (χ1n) is 6.00. The molecule has 16 heavy (non-hydrogen) atoms. The summed E-state index contributed by atoms with van der Waals surface area (Å²) in [5.74, 6) is 0.610. The fourth-order valence-electron chi connectivity index (χ4n) is 2.63. The first-order valence-corrected chi connectivity index (χ1v) is 6.00. The summed E-state index contributed by atoms with van der Waals surface area (Å²) in [6.07, 6.45) is 3.81. The monoisotopic (exact) mass is 220 g/mol. The van der Waals surface area contributed by atoms with Crippen molar-refractivity contribution in [3.05, 3.63) is 35.9 Å². The Balaban J connectivity index is 1.95. The Morgan fingerprint density at radius 1 is 1.25 bits per heavy atom. The van der Waals surface area contributed by atoms with E-state index in [9.17, 15) is 5.11 Å². The van der Waals surface area contributed by atoms with Crippen LogP contribution in [0.5, 0.6) is 0 Å². The molecular weight excluding hydrogens is 200 g/mol. The second kappa shape index (κ2) is 4.98. The van der Waals surface area contributed by atoms with Crippen LogP contribution in [0.4, 0.5) is 0 Å². The normalized spacial score (nSPS) is 30.2. The SMILES string of the molecule is COCC1(O)CCC(c2ccccc2)CC1. The minimum atomic E-state index is -0.583. The van der Waals surface area contributed by atoms with Crippen LogP contribution in [0.15, 0.2) is 30.3 Å². The lowest BCUT2D eigenvalue weighted by Gasteiger charge is -2.35. The minimum Gasteiger partial charge on any atom is -0.387 e. The zero-order valence-electron chi connectivity index (χ0n) is 9.86. The molecule has 88 valence electrons. The Kier molecular flexibility index (Phi) is 3.62. The van der Waals surface area contributed by atoms with Gasteiger partial charge in [-0.1, -0.05) is 30.3 Å². The molecule has 1 aliphatic rings. The first kappa shape index (κ1) is 11.6. The maximum Gasteiger partial charge on any atom is 0.0880 e. The van der Waals surface area contributed by atoms with E-state index >= 15 is 0 Å². The third-order valence-corrected chi connectivity index (χ3v) is 3.60. The van der Waals surface area contributed by atoms with Gasteiger partial charge in [0, 0.05) is 7.11 Å². The highest BCUT2D eigenvalue weighted by atomic mass is 16.5. The lowest BCUT2D eigenvalue weighted by Crippen LogP contribution is -2.37. The molecule has 2 heteroatoms. The zero-order chi connectivity index (χ0) is 11.4. The number of rotatable bonds is 3. The van der Waals surface area contributed by atoms with Crippen molar-refractivity contribution in [3.8, 4) is 0 Å². The third kappa shape index (κ3) is 2.63. The van der Waals surface area contributed by atoms with Crippen LogP contribution in [-0.2, 0) is 4.74 Å². The largest absolute Gasteiger partial charge is 0.387 e. The molecule has 1 aliphatic carbocycles. The minimum absolute atomic E-state index is 0.467. The number of benzene rings is 1. The summed E-state index contributed by atoms with van der Waals surface area (Å²) in [4.78, 5) is 0. The molecule has 1 fully saturated rings. The van der Waals surface area contributed by atoms with Gasteiger partial charge in [-0.3, -0.25) is 0 Å². The Bertz CT molecular complexity index is 313. The molecule has 2 nitrogen and oxygen atoms in total. The summed E-state index contributed by atoms with van der Waals surface area (Å²) in [6, 6.07) is 10.6. The van der Waals surface area contributed by atoms with Gasteiger partial charge in [0.25, 0.3) is 0 Å². The summed E-state index contributed by atoms with van der Waals surface area (Å²) in [5, 5.41) is 10.2. The maximum absolute atomic E-state index is 10.2. The molecule has 0 saturated heterocycles. The molecule has 0 bridgehead atoms. The molecule has 1 aromatic carbocycles. The highest BCUT2D eigenvalue weighted by molar-refractivity contribution is 5.20. The van der Waals surface area contributed by atoms with E-state index in [4.69, 9.17) is 4.74 Å². The average Bonchev–Trinajstić information content (AvgIpc) is 2.31. The van der Waals surface area contributed by atoms with Gasteiger partial charge in [0.05, 0.1) is 12.2 Å². The summed E-state index contributed by atoms with van der Waals surface area (Å²) in [7, 11) is 1.65. The van der Waals surface area contributed by atoms with Crippen molar-refractivity contribution in [1.82, 2.24) is 0 Å². The van der Waals surface area contributed by atoms with E-state index in [1.54, 1.807) is 7.11 Å². The van der Waals surface area contributed by atoms with Crippen LogP contribution in [0, 0.1) is 0 Å². The van der Waals surface area contributed by atoms with Crippen molar-refractivity contribution in [2.75, 3.05) is 13.7 Å². The van der Waals surface area contributed by atoms with Crippen LogP contribution in [0.3, 0.4) is 0 Å². The smallest absolute Gasteiger partial charge is 0.0880 e. The van der Waals surface area contributed by atoms with Crippen molar-refractivity contribution in [1.29, 1.82) is 0 Å². The van der Waals surface area contributed by atoms with E-state index in [0.29, 0.717) is 12.5 Å². The van der Waals surface area contributed by atoms with Gasteiger partial charge in [-0.15, -0.1) is 0 Å². The van der Waals surface area contributed by atoms with Crippen molar-refractivity contribution < 1.29 is 9.84 Å². The van der Waals surface area contributed by atoms with Gasteiger partial charge >= 0.3 is 0 Å². The molecule has 0 radical (unpaired) electrons. The third-order valence-electron chi connectivity index (χ3n) is 3.60. The van der Waals surface area contributed by atoms with Gasteiger partial charge in [0.15, 0.2) is 0 Å². The lowest BCUT2D eigenvalue weighted by atomic mass is 9.76. The van der Waals surface area contributed by atoms with Gasteiger partial charge in [0.2, 0.25) is 0 Å². The first-order chi connectivity index (χ1) is 7.73. The Hall–Kier alpha value is -0.860.